The number of aliphatic carboxylic acids is 1. The molecule has 1 atom stereocenters. The lowest BCUT2D eigenvalue weighted by Gasteiger charge is -2.26. The summed E-state index contributed by atoms with van der Waals surface area (Å²) < 4.78 is 4.82. The molecule has 1 N–H and O–H groups in total. The van der Waals surface area contributed by atoms with Crippen LogP contribution in [0.2, 0.25) is 0 Å². The second-order valence-corrected chi connectivity index (χ2v) is 3.72. The highest BCUT2D eigenvalue weighted by Crippen LogP contribution is 2.10. The van der Waals surface area contributed by atoms with Gasteiger partial charge in [-0.15, -0.1) is 0 Å². The first-order valence-electron chi connectivity index (χ1n) is 5.85. The van der Waals surface area contributed by atoms with Gasteiger partial charge in [-0.05, 0) is 19.1 Å². The van der Waals surface area contributed by atoms with Gasteiger partial charge in [0.05, 0.1) is 13.2 Å². The van der Waals surface area contributed by atoms with Gasteiger partial charge in [-0.2, -0.15) is 0 Å². The molecule has 1 unspecified atom stereocenters. The summed E-state index contributed by atoms with van der Waals surface area (Å²) in [5.74, 6) is -1.69. The molecular weight excluding hydrogens is 250 g/mol. The maximum Gasteiger partial charge on any atom is 0.331 e. The molecule has 6 nitrogen and oxygen atoms in total. The maximum absolute atomic E-state index is 12.2. The van der Waals surface area contributed by atoms with Crippen molar-refractivity contribution in [2.75, 3.05) is 20.3 Å². The molecular formula is C13H17NO5. The van der Waals surface area contributed by atoms with Crippen LogP contribution in [-0.2, 0) is 14.4 Å². The van der Waals surface area contributed by atoms with Gasteiger partial charge in [-0.1, -0.05) is 18.2 Å². The maximum atomic E-state index is 12.2. The SMILES string of the molecule is CCON(C(=O)c1ccccc1)C(COC)C(=O)O. The van der Waals surface area contributed by atoms with Crippen molar-refractivity contribution in [3.63, 3.8) is 0 Å². The number of hydroxylamine groups is 2. The summed E-state index contributed by atoms with van der Waals surface area (Å²) in [5, 5.41) is 9.99. The van der Waals surface area contributed by atoms with E-state index in [1.165, 1.54) is 7.11 Å². The number of carboxylic acids is 1. The molecule has 0 saturated heterocycles. The lowest BCUT2D eigenvalue weighted by molar-refractivity contribution is -0.179. The fourth-order valence-electron chi connectivity index (χ4n) is 1.53. The molecule has 0 radical (unpaired) electrons. The topological polar surface area (TPSA) is 76.1 Å². The second-order valence-electron chi connectivity index (χ2n) is 3.72. The monoisotopic (exact) mass is 267 g/mol. The van der Waals surface area contributed by atoms with Gasteiger partial charge in [0.15, 0.2) is 6.04 Å². The normalized spacial score (nSPS) is 11.9. The van der Waals surface area contributed by atoms with Crippen LogP contribution in [0.4, 0.5) is 0 Å². The number of carboxylic acid groups (broad SMARTS) is 1. The standard InChI is InChI=1S/C13H17NO5/c1-3-19-14(11(9-18-2)13(16)17)12(15)10-7-5-4-6-8-10/h4-8,11H,3,9H2,1-2H3,(H,16,17). The summed E-state index contributed by atoms with van der Waals surface area (Å²) in [6.07, 6.45) is 0. The van der Waals surface area contributed by atoms with E-state index in [0.29, 0.717) is 5.56 Å². The van der Waals surface area contributed by atoms with Gasteiger partial charge in [-0.3, -0.25) is 9.63 Å². The van der Waals surface area contributed by atoms with E-state index in [9.17, 15) is 9.59 Å². The Kier molecular flexibility index (Phi) is 5.98. The number of nitrogens with zero attached hydrogens (tertiary/aromatic N) is 1. The number of carbonyl (C=O) groups excluding carboxylic acids is 1. The third-order valence-corrected chi connectivity index (χ3v) is 2.38. The van der Waals surface area contributed by atoms with E-state index in [0.717, 1.165) is 5.06 Å². The van der Waals surface area contributed by atoms with E-state index < -0.39 is 17.9 Å². The number of methoxy groups -OCH3 is 1. The Morgan fingerprint density at radius 3 is 2.42 bits per heavy atom. The molecule has 0 fully saturated rings. The first-order chi connectivity index (χ1) is 9.11. The number of hydrogen-bond donors (Lipinski definition) is 1. The van der Waals surface area contributed by atoms with E-state index >= 15 is 0 Å². The average molecular weight is 267 g/mol. The van der Waals surface area contributed by atoms with Gasteiger partial charge >= 0.3 is 5.97 Å². The number of ether oxygens (including phenoxy) is 1. The minimum Gasteiger partial charge on any atom is -0.480 e. The number of rotatable bonds is 7. The van der Waals surface area contributed by atoms with Gasteiger partial charge < -0.3 is 9.84 Å². The molecule has 0 saturated carbocycles. The Balaban J connectivity index is 2.98. The van der Waals surface area contributed by atoms with Crippen molar-refractivity contribution in [1.29, 1.82) is 0 Å². The van der Waals surface area contributed by atoms with Crippen molar-refractivity contribution in [2.45, 2.75) is 13.0 Å². The highest BCUT2D eigenvalue weighted by Gasteiger charge is 2.31. The summed E-state index contributed by atoms with van der Waals surface area (Å²) in [7, 11) is 1.37. The van der Waals surface area contributed by atoms with Crippen molar-refractivity contribution in [1.82, 2.24) is 5.06 Å². The van der Waals surface area contributed by atoms with Crippen LogP contribution in [0.15, 0.2) is 30.3 Å². The number of benzene rings is 1. The van der Waals surface area contributed by atoms with Gasteiger partial charge in [-0.25, -0.2) is 9.86 Å². The molecule has 0 bridgehead atoms. The summed E-state index contributed by atoms with van der Waals surface area (Å²) in [5.41, 5.74) is 0.360. The minimum absolute atomic E-state index is 0.145. The molecule has 0 aliphatic rings. The zero-order valence-corrected chi connectivity index (χ0v) is 10.9. The molecule has 1 amide bonds. The van der Waals surface area contributed by atoms with Crippen LogP contribution < -0.4 is 0 Å². The van der Waals surface area contributed by atoms with Gasteiger partial charge in [0, 0.05) is 12.7 Å². The van der Waals surface area contributed by atoms with E-state index in [1.807, 2.05) is 0 Å². The molecule has 0 heterocycles. The van der Waals surface area contributed by atoms with Crippen molar-refractivity contribution in [3.05, 3.63) is 35.9 Å². The highest BCUT2D eigenvalue weighted by molar-refractivity contribution is 5.95. The minimum atomic E-state index is -1.18. The van der Waals surface area contributed by atoms with E-state index in [1.54, 1.807) is 37.3 Å². The van der Waals surface area contributed by atoms with Crippen LogP contribution in [0.3, 0.4) is 0 Å². The van der Waals surface area contributed by atoms with Crippen LogP contribution in [0.5, 0.6) is 0 Å². The third-order valence-electron chi connectivity index (χ3n) is 2.38. The fraction of sp³-hybridized carbons (Fsp3) is 0.385. The predicted octanol–water partition coefficient (Wildman–Crippen LogP) is 1.18. The summed E-state index contributed by atoms with van der Waals surface area (Å²) in [4.78, 5) is 28.6. The van der Waals surface area contributed by atoms with Crippen LogP contribution in [0, 0.1) is 0 Å². The van der Waals surface area contributed by atoms with E-state index in [2.05, 4.69) is 0 Å². The molecule has 1 aromatic carbocycles. The Hall–Kier alpha value is -1.92. The van der Waals surface area contributed by atoms with Gasteiger partial charge in [0.1, 0.15) is 0 Å². The van der Waals surface area contributed by atoms with Gasteiger partial charge in [0.25, 0.3) is 5.91 Å². The van der Waals surface area contributed by atoms with Gasteiger partial charge in [0.2, 0.25) is 0 Å². The van der Waals surface area contributed by atoms with Crippen LogP contribution >= 0.6 is 0 Å². The Bertz CT molecular complexity index is 420. The summed E-state index contributed by atoms with van der Waals surface area (Å²) in [6.45, 7) is 1.72. The zero-order valence-electron chi connectivity index (χ0n) is 10.9. The second kappa shape index (κ2) is 7.50. The molecule has 104 valence electrons. The van der Waals surface area contributed by atoms with Crippen molar-refractivity contribution < 1.29 is 24.3 Å². The number of hydrogen-bond acceptors (Lipinski definition) is 4. The lowest BCUT2D eigenvalue weighted by atomic mass is 10.2. The number of amides is 1. The molecule has 1 aromatic rings. The molecule has 19 heavy (non-hydrogen) atoms. The van der Waals surface area contributed by atoms with Crippen molar-refractivity contribution in [2.24, 2.45) is 0 Å². The third kappa shape index (κ3) is 4.04. The predicted molar refractivity (Wildman–Crippen MR) is 67.5 cm³/mol. The molecule has 0 aliphatic heterocycles. The molecule has 0 aliphatic carbocycles. The van der Waals surface area contributed by atoms with Crippen molar-refractivity contribution >= 4 is 11.9 Å². The fourth-order valence-corrected chi connectivity index (χ4v) is 1.53. The smallest absolute Gasteiger partial charge is 0.331 e. The Morgan fingerprint density at radius 1 is 1.32 bits per heavy atom. The Morgan fingerprint density at radius 2 is 1.95 bits per heavy atom. The largest absolute Gasteiger partial charge is 0.480 e. The number of carbonyl (C=O) groups is 2. The molecule has 1 rings (SSSR count). The molecule has 6 heteroatoms. The van der Waals surface area contributed by atoms with Crippen LogP contribution in [-0.4, -0.2) is 48.4 Å². The summed E-state index contributed by atoms with van der Waals surface area (Å²) >= 11 is 0. The quantitative estimate of drug-likeness (QED) is 0.751. The van der Waals surface area contributed by atoms with Crippen LogP contribution in [0.1, 0.15) is 17.3 Å². The summed E-state index contributed by atoms with van der Waals surface area (Å²) in [6, 6.07) is 7.18. The Labute approximate surface area is 111 Å². The highest BCUT2D eigenvalue weighted by atomic mass is 16.7. The zero-order chi connectivity index (χ0) is 14.3. The van der Waals surface area contributed by atoms with E-state index in [-0.39, 0.29) is 13.2 Å². The van der Waals surface area contributed by atoms with Crippen LogP contribution in [0.25, 0.3) is 0 Å². The van der Waals surface area contributed by atoms with Crippen molar-refractivity contribution in [3.8, 4) is 0 Å². The molecule has 0 aromatic heterocycles. The first-order valence-corrected chi connectivity index (χ1v) is 5.85. The lowest BCUT2D eigenvalue weighted by Crippen LogP contribution is -2.47. The van der Waals surface area contributed by atoms with E-state index in [4.69, 9.17) is 14.7 Å². The first kappa shape index (κ1) is 15.1. The molecule has 0 spiro atoms. The average Bonchev–Trinajstić information content (AvgIpc) is 2.42.